The number of carbonyl (C=O) groups is 1. The highest BCUT2D eigenvalue weighted by atomic mass is 35.5. The summed E-state index contributed by atoms with van der Waals surface area (Å²) in [5.41, 5.74) is 1.10. The zero-order valence-corrected chi connectivity index (χ0v) is 31.2. The first-order valence-electron chi connectivity index (χ1n) is 16.6. The Morgan fingerprint density at radius 1 is 1.02 bits per heavy atom. The van der Waals surface area contributed by atoms with Gasteiger partial charge in [-0.2, -0.15) is 15.1 Å². The van der Waals surface area contributed by atoms with E-state index in [2.05, 4.69) is 32.3 Å². The number of aliphatic hydroxyl groups is 2. The average molecular weight is 801 g/mol. The molecule has 2 fully saturated rings. The molecule has 1 saturated carbocycles. The van der Waals surface area contributed by atoms with Crippen LogP contribution in [0.4, 0.5) is 5.82 Å². The fourth-order valence-corrected chi connectivity index (χ4v) is 8.30. The zero-order chi connectivity index (χ0) is 37.9. The summed E-state index contributed by atoms with van der Waals surface area (Å²) in [5, 5.41) is 31.9. The third-order valence-corrected chi connectivity index (χ3v) is 11.6. The van der Waals surface area contributed by atoms with Gasteiger partial charge in [0.15, 0.2) is 17.8 Å². The number of aromatic nitrogens is 4. The molecule has 0 aromatic carbocycles. The van der Waals surface area contributed by atoms with Crippen LogP contribution >= 0.6 is 26.8 Å². The van der Waals surface area contributed by atoms with Crippen molar-refractivity contribution in [3.63, 3.8) is 0 Å². The zero-order valence-electron chi connectivity index (χ0n) is 28.6. The lowest BCUT2D eigenvalue weighted by atomic mass is 10.1. The monoisotopic (exact) mass is 800 g/mol. The second-order valence-electron chi connectivity index (χ2n) is 12.4. The number of halogens is 1. The summed E-state index contributed by atoms with van der Waals surface area (Å²) in [6.45, 7) is 8.79. The first kappa shape index (κ1) is 42.6. The molecule has 0 radical (unpaired) electrons. The van der Waals surface area contributed by atoms with Crippen molar-refractivity contribution < 1.29 is 67.0 Å². The van der Waals surface area contributed by atoms with Crippen LogP contribution in [-0.2, 0) is 42.1 Å². The summed E-state index contributed by atoms with van der Waals surface area (Å²) in [7, 11) is -9.61. The first-order chi connectivity index (χ1) is 24.6. The molecular weight excluding hydrogens is 754 g/mol. The van der Waals surface area contributed by atoms with Gasteiger partial charge in [0.25, 0.3) is 0 Å². The number of nitrogens with zero attached hydrogens (tertiary/aromatic N) is 4. The highest BCUT2D eigenvalue weighted by Crippen LogP contribution is 2.55. The highest BCUT2D eigenvalue weighted by Gasteiger charge is 2.46. The number of amides is 1. The van der Waals surface area contributed by atoms with E-state index in [0.717, 1.165) is 10.3 Å². The molecule has 2 unspecified atom stereocenters. The molecule has 7 atom stereocenters. The smallest absolute Gasteiger partial charge is 0.340 e. The maximum atomic E-state index is 12.8. The van der Waals surface area contributed by atoms with Crippen LogP contribution in [0.3, 0.4) is 0 Å². The number of hydrogen-bond acceptors (Lipinski definition) is 15. The molecule has 3 heterocycles. The maximum Gasteiger partial charge on any atom is 0.340 e. The number of fused-ring (bicyclic) bond motifs is 1. The molecule has 7 N–H and O–H groups in total. The van der Waals surface area contributed by atoms with Gasteiger partial charge in [0.2, 0.25) is 11.2 Å². The molecule has 1 aliphatic carbocycles. The van der Waals surface area contributed by atoms with Crippen molar-refractivity contribution in [3.05, 3.63) is 23.6 Å². The SMILES string of the molecule is C=C(C)COCCOCCOCCOCCNC(=O)[C@@H]1CCC(Nc2nc(Cl)nc3c2cnn3[C@@H]2O[C@H](COP(=O)(O)CP(=O)(O)O)[C@@H](O)[C@H]2O)C1. The van der Waals surface area contributed by atoms with Crippen molar-refractivity contribution in [2.75, 3.05) is 77.2 Å². The topological polar surface area (TPSA) is 275 Å². The molecule has 4 rings (SSSR count). The lowest BCUT2D eigenvalue weighted by Gasteiger charge is -2.18. The van der Waals surface area contributed by atoms with Gasteiger partial charge in [0.1, 0.15) is 24.1 Å². The third kappa shape index (κ3) is 13.3. The Hall–Kier alpha value is -2.13. The molecule has 0 spiro atoms. The van der Waals surface area contributed by atoms with E-state index in [1.165, 1.54) is 6.20 Å². The third-order valence-electron chi connectivity index (χ3n) is 7.96. The van der Waals surface area contributed by atoms with Gasteiger partial charge in [-0.3, -0.25) is 13.9 Å². The largest absolute Gasteiger partial charge is 0.387 e. The van der Waals surface area contributed by atoms with Crippen LogP contribution in [0, 0.1) is 5.92 Å². The summed E-state index contributed by atoms with van der Waals surface area (Å²) in [6, 6.07) is -0.131. The van der Waals surface area contributed by atoms with E-state index < -0.39 is 52.2 Å². The van der Waals surface area contributed by atoms with Crippen LogP contribution in [0.25, 0.3) is 11.0 Å². The van der Waals surface area contributed by atoms with Crippen molar-refractivity contribution in [1.29, 1.82) is 0 Å². The Labute approximate surface area is 304 Å². The number of hydrogen-bond donors (Lipinski definition) is 7. The van der Waals surface area contributed by atoms with Gasteiger partial charge in [0, 0.05) is 18.5 Å². The van der Waals surface area contributed by atoms with Crippen LogP contribution in [0.1, 0.15) is 32.4 Å². The molecule has 2 aliphatic rings. The number of ether oxygens (including phenoxy) is 5. The minimum atomic E-state index is -4.87. The fourth-order valence-electron chi connectivity index (χ4n) is 5.57. The molecule has 0 bridgehead atoms. The lowest BCUT2D eigenvalue weighted by Crippen LogP contribution is -2.33. The minimum Gasteiger partial charge on any atom is -0.387 e. The van der Waals surface area contributed by atoms with E-state index in [1.54, 1.807) is 0 Å². The van der Waals surface area contributed by atoms with Crippen LogP contribution in [0.2, 0.25) is 5.28 Å². The second kappa shape index (κ2) is 20.0. The molecule has 1 saturated heterocycles. The molecule has 52 heavy (non-hydrogen) atoms. The van der Waals surface area contributed by atoms with E-state index in [9.17, 15) is 29.0 Å². The van der Waals surface area contributed by atoms with Crippen LogP contribution < -0.4 is 10.6 Å². The number of nitrogens with one attached hydrogen (secondary N) is 2. The van der Waals surface area contributed by atoms with Crippen molar-refractivity contribution in [1.82, 2.24) is 25.1 Å². The Kier molecular flexibility index (Phi) is 16.4. The van der Waals surface area contributed by atoms with Crippen LogP contribution in [-0.4, -0.2) is 147 Å². The number of carbonyl (C=O) groups excluding carboxylic acids is 1. The van der Waals surface area contributed by atoms with Crippen LogP contribution in [0.5, 0.6) is 0 Å². The van der Waals surface area contributed by atoms with E-state index >= 15 is 0 Å². The second-order valence-corrected chi connectivity index (χ2v) is 16.8. The molecular formula is C29H47ClN6O14P2. The lowest BCUT2D eigenvalue weighted by molar-refractivity contribution is -0.125. The van der Waals surface area contributed by atoms with Crippen molar-refractivity contribution in [2.45, 2.75) is 56.8 Å². The summed E-state index contributed by atoms with van der Waals surface area (Å²) in [4.78, 5) is 49.0. The Balaban J connectivity index is 1.18. The van der Waals surface area contributed by atoms with E-state index in [1.807, 2.05) is 6.92 Å². The summed E-state index contributed by atoms with van der Waals surface area (Å²) in [6.07, 6.45) is -2.66. The molecule has 2 aromatic rings. The summed E-state index contributed by atoms with van der Waals surface area (Å²) >= 11 is 6.23. The van der Waals surface area contributed by atoms with Gasteiger partial charge in [-0.25, -0.2) is 4.68 Å². The summed E-state index contributed by atoms with van der Waals surface area (Å²) < 4.78 is 56.5. The molecule has 23 heteroatoms. The van der Waals surface area contributed by atoms with E-state index in [0.29, 0.717) is 89.9 Å². The Bertz CT molecular complexity index is 1580. The van der Waals surface area contributed by atoms with Crippen molar-refractivity contribution in [2.24, 2.45) is 5.92 Å². The fraction of sp³-hybridized carbons (Fsp3) is 0.724. The minimum absolute atomic E-state index is 0.0871. The van der Waals surface area contributed by atoms with Gasteiger partial charge in [-0.1, -0.05) is 12.2 Å². The van der Waals surface area contributed by atoms with Gasteiger partial charge < -0.3 is 63.7 Å². The number of anilines is 1. The first-order valence-corrected chi connectivity index (χ1v) is 20.5. The quantitative estimate of drug-likeness (QED) is 0.0354. The molecule has 20 nitrogen and oxygen atoms in total. The molecule has 1 aliphatic heterocycles. The van der Waals surface area contributed by atoms with E-state index in [-0.39, 0.29) is 28.8 Å². The normalized spacial score (nSPS) is 24.7. The number of rotatable bonds is 23. The predicted molar refractivity (Wildman–Crippen MR) is 185 cm³/mol. The molecule has 1 amide bonds. The highest BCUT2D eigenvalue weighted by molar-refractivity contribution is 7.70. The van der Waals surface area contributed by atoms with Gasteiger partial charge in [-0.15, -0.1) is 0 Å². The van der Waals surface area contributed by atoms with Gasteiger partial charge in [-0.05, 0) is 37.8 Å². The Morgan fingerprint density at radius 2 is 1.67 bits per heavy atom. The molecule has 2 aromatic heterocycles. The van der Waals surface area contributed by atoms with Crippen molar-refractivity contribution in [3.8, 4) is 0 Å². The standard InChI is InChI=1S/C29H47ClN6O14P2/c1-18(2)15-48-12-11-47-10-9-46-8-7-45-6-5-31-27(39)19-3-4-20(13-19)33-25-21-14-32-36(26(21)35-29(30)34-25)28-24(38)23(37)22(50-28)16-49-52(43,44)17-51(40,41)42/h14,19-20,22-24,28,37-38H,1,3-13,15-17H2,2H3,(H,31,39)(H,43,44)(H,33,34,35)(H2,40,41,42)/t19-,20?,22-,23-,24-,28-/m1/s1. The van der Waals surface area contributed by atoms with Crippen molar-refractivity contribution >= 4 is 49.6 Å². The maximum absolute atomic E-state index is 12.8. The summed E-state index contributed by atoms with van der Waals surface area (Å²) in [5.74, 6) is -1.42. The molecule has 294 valence electrons. The van der Waals surface area contributed by atoms with E-state index in [4.69, 9.17) is 49.6 Å². The van der Waals surface area contributed by atoms with Crippen LogP contribution in [0.15, 0.2) is 18.3 Å². The Morgan fingerprint density at radius 3 is 2.33 bits per heavy atom. The number of aliphatic hydroxyl groups excluding tert-OH is 2. The predicted octanol–water partition coefficient (Wildman–Crippen LogP) is 0.775. The van der Waals surface area contributed by atoms with Gasteiger partial charge >= 0.3 is 15.2 Å². The average Bonchev–Trinajstić information content (AvgIpc) is 3.77. The van der Waals surface area contributed by atoms with Gasteiger partial charge in [0.05, 0.1) is 71.0 Å².